The van der Waals surface area contributed by atoms with E-state index in [4.69, 9.17) is 0 Å². The van der Waals surface area contributed by atoms with Crippen LogP contribution < -0.4 is 5.32 Å². The molecule has 0 fully saturated rings. The zero-order chi connectivity index (χ0) is 13.5. The molecular weight excluding hydrogens is 232 g/mol. The van der Waals surface area contributed by atoms with E-state index in [1.165, 1.54) is 29.7 Å². The van der Waals surface area contributed by atoms with Gasteiger partial charge in [-0.2, -0.15) is 0 Å². The molecule has 1 aromatic carbocycles. The summed E-state index contributed by atoms with van der Waals surface area (Å²) in [6.07, 6.45) is 4.66. The summed E-state index contributed by atoms with van der Waals surface area (Å²) in [6, 6.07) is 13.1. The molecule has 2 aromatic rings. The molecule has 0 aliphatic rings. The van der Waals surface area contributed by atoms with E-state index < -0.39 is 0 Å². The van der Waals surface area contributed by atoms with E-state index >= 15 is 0 Å². The van der Waals surface area contributed by atoms with Crippen LogP contribution in [0.2, 0.25) is 0 Å². The van der Waals surface area contributed by atoms with Crippen molar-refractivity contribution in [1.82, 2.24) is 9.88 Å². The van der Waals surface area contributed by atoms with Gasteiger partial charge in [-0.15, -0.1) is 0 Å². The van der Waals surface area contributed by atoms with Crippen molar-refractivity contribution in [3.8, 4) is 0 Å². The highest BCUT2D eigenvalue weighted by Crippen LogP contribution is 2.09. The van der Waals surface area contributed by atoms with E-state index in [2.05, 4.69) is 66.3 Å². The van der Waals surface area contributed by atoms with E-state index in [0.717, 1.165) is 19.6 Å². The number of nitrogens with zero attached hydrogens (tertiary/aromatic N) is 1. The molecule has 0 spiro atoms. The SMILES string of the molecule is CCCCNCc1cccn1Cc1cccc(C)c1. The maximum Gasteiger partial charge on any atom is 0.0473 e. The zero-order valence-corrected chi connectivity index (χ0v) is 12.0. The molecule has 1 aromatic heterocycles. The minimum absolute atomic E-state index is 0.957. The highest BCUT2D eigenvalue weighted by Gasteiger charge is 2.01. The van der Waals surface area contributed by atoms with Gasteiger partial charge in [0.1, 0.15) is 0 Å². The second kappa shape index (κ2) is 7.15. The van der Waals surface area contributed by atoms with Crippen LogP contribution in [0.5, 0.6) is 0 Å². The minimum atomic E-state index is 0.957. The Labute approximate surface area is 116 Å². The van der Waals surface area contributed by atoms with Gasteiger partial charge in [0.2, 0.25) is 0 Å². The summed E-state index contributed by atoms with van der Waals surface area (Å²) >= 11 is 0. The fraction of sp³-hybridized carbons (Fsp3) is 0.412. The minimum Gasteiger partial charge on any atom is -0.346 e. The summed E-state index contributed by atoms with van der Waals surface area (Å²) in [4.78, 5) is 0. The predicted octanol–water partition coefficient (Wildman–Crippen LogP) is 3.73. The molecule has 0 aliphatic heterocycles. The number of aromatic nitrogens is 1. The molecule has 0 radical (unpaired) electrons. The lowest BCUT2D eigenvalue weighted by molar-refractivity contribution is 0.610. The van der Waals surface area contributed by atoms with Crippen LogP contribution in [-0.4, -0.2) is 11.1 Å². The van der Waals surface area contributed by atoms with Gasteiger partial charge in [-0.1, -0.05) is 43.2 Å². The van der Waals surface area contributed by atoms with Crippen molar-refractivity contribution in [3.63, 3.8) is 0 Å². The van der Waals surface area contributed by atoms with Crippen LogP contribution in [0.1, 0.15) is 36.6 Å². The third-order valence-electron chi connectivity index (χ3n) is 3.37. The third-order valence-corrected chi connectivity index (χ3v) is 3.37. The number of rotatable bonds is 7. The van der Waals surface area contributed by atoms with E-state index in [9.17, 15) is 0 Å². The van der Waals surface area contributed by atoms with E-state index in [-0.39, 0.29) is 0 Å². The van der Waals surface area contributed by atoms with E-state index in [1.54, 1.807) is 0 Å². The average molecular weight is 256 g/mol. The van der Waals surface area contributed by atoms with E-state index in [1.807, 2.05) is 0 Å². The summed E-state index contributed by atoms with van der Waals surface area (Å²) < 4.78 is 2.33. The number of unbranched alkanes of at least 4 members (excludes halogenated alkanes) is 1. The van der Waals surface area contributed by atoms with Crippen LogP contribution in [0.3, 0.4) is 0 Å². The Morgan fingerprint density at radius 3 is 2.84 bits per heavy atom. The number of hydrogen-bond donors (Lipinski definition) is 1. The number of hydrogen-bond acceptors (Lipinski definition) is 1. The van der Waals surface area contributed by atoms with Crippen molar-refractivity contribution in [2.24, 2.45) is 0 Å². The highest BCUT2D eigenvalue weighted by molar-refractivity contribution is 5.23. The van der Waals surface area contributed by atoms with Gasteiger partial charge in [0.15, 0.2) is 0 Å². The summed E-state index contributed by atoms with van der Waals surface area (Å²) in [5.74, 6) is 0. The largest absolute Gasteiger partial charge is 0.346 e. The Bertz CT molecular complexity index is 499. The van der Waals surface area contributed by atoms with Crippen molar-refractivity contribution >= 4 is 0 Å². The average Bonchev–Trinajstić information content (AvgIpc) is 2.82. The monoisotopic (exact) mass is 256 g/mol. The second-order valence-electron chi connectivity index (χ2n) is 5.15. The summed E-state index contributed by atoms with van der Waals surface area (Å²) in [5, 5.41) is 3.51. The van der Waals surface area contributed by atoms with Gasteiger partial charge in [0.05, 0.1) is 0 Å². The molecule has 2 rings (SSSR count). The number of nitrogens with one attached hydrogen (secondary N) is 1. The molecule has 0 saturated carbocycles. The van der Waals surface area contributed by atoms with Crippen molar-refractivity contribution in [2.45, 2.75) is 39.8 Å². The van der Waals surface area contributed by atoms with Crippen molar-refractivity contribution in [3.05, 3.63) is 59.4 Å². The van der Waals surface area contributed by atoms with Gasteiger partial charge >= 0.3 is 0 Å². The molecule has 0 atom stereocenters. The Hall–Kier alpha value is -1.54. The first-order valence-corrected chi connectivity index (χ1v) is 7.20. The van der Waals surface area contributed by atoms with Crippen LogP contribution in [0.4, 0.5) is 0 Å². The van der Waals surface area contributed by atoms with Crippen LogP contribution >= 0.6 is 0 Å². The predicted molar refractivity (Wildman–Crippen MR) is 81.3 cm³/mol. The lowest BCUT2D eigenvalue weighted by atomic mass is 10.1. The van der Waals surface area contributed by atoms with Crippen LogP contribution in [0.25, 0.3) is 0 Å². The molecule has 2 heteroatoms. The maximum absolute atomic E-state index is 3.51. The summed E-state index contributed by atoms with van der Waals surface area (Å²) in [6.45, 7) is 7.39. The highest BCUT2D eigenvalue weighted by atomic mass is 15.0. The fourth-order valence-corrected chi connectivity index (χ4v) is 2.29. The fourth-order valence-electron chi connectivity index (χ4n) is 2.29. The number of benzene rings is 1. The first-order chi connectivity index (χ1) is 9.29. The molecule has 0 aliphatic carbocycles. The van der Waals surface area contributed by atoms with Crippen molar-refractivity contribution < 1.29 is 0 Å². The summed E-state index contributed by atoms with van der Waals surface area (Å²) in [5.41, 5.74) is 4.05. The lowest BCUT2D eigenvalue weighted by Crippen LogP contribution is -2.17. The third kappa shape index (κ3) is 4.25. The molecule has 0 saturated heterocycles. The van der Waals surface area contributed by atoms with Crippen LogP contribution in [0.15, 0.2) is 42.6 Å². The molecular formula is C17H24N2. The molecule has 1 heterocycles. The Balaban J connectivity index is 1.95. The maximum atomic E-state index is 3.51. The van der Waals surface area contributed by atoms with Gasteiger partial charge in [0, 0.05) is 25.0 Å². The quantitative estimate of drug-likeness (QED) is 0.747. The van der Waals surface area contributed by atoms with Crippen LogP contribution in [0, 0.1) is 6.92 Å². The molecule has 102 valence electrons. The molecule has 1 N–H and O–H groups in total. The van der Waals surface area contributed by atoms with E-state index in [0.29, 0.717) is 0 Å². The van der Waals surface area contributed by atoms with Gasteiger partial charge in [-0.3, -0.25) is 0 Å². The first kappa shape index (κ1) is 13.9. The molecule has 0 amide bonds. The Morgan fingerprint density at radius 2 is 2.05 bits per heavy atom. The van der Waals surface area contributed by atoms with Crippen molar-refractivity contribution in [1.29, 1.82) is 0 Å². The smallest absolute Gasteiger partial charge is 0.0473 e. The van der Waals surface area contributed by atoms with Gasteiger partial charge in [-0.25, -0.2) is 0 Å². The van der Waals surface area contributed by atoms with Gasteiger partial charge in [-0.05, 0) is 37.6 Å². The molecule has 0 unspecified atom stereocenters. The molecule has 2 nitrogen and oxygen atoms in total. The van der Waals surface area contributed by atoms with Crippen molar-refractivity contribution in [2.75, 3.05) is 6.54 Å². The Kier molecular flexibility index (Phi) is 5.22. The van der Waals surface area contributed by atoms with Gasteiger partial charge in [0.25, 0.3) is 0 Å². The molecule has 19 heavy (non-hydrogen) atoms. The zero-order valence-electron chi connectivity index (χ0n) is 12.0. The van der Waals surface area contributed by atoms with Gasteiger partial charge < -0.3 is 9.88 Å². The first-order valence-electron chi connectivity index (χ1n) is 7.20. The molecule has 0 bridgehead atoms. The standard InChI is InChI=1S/C17H24N2/c1-3-4-10-18-13-17-9-6-11-19(17)14-16-8-5-7-15(2)12-16/h5-9,11-12,18H,3-4,10,13-14H2,1-2H3. The topological polar surface area (TPSA) is 17.0 Å². The van der Waals surface area contributed by atoms with Crippen LogP contribution in [-0.2, 0) is 13.1 Å². The summed E-state index contributed by atoms with van der Waals surface area (Å²) in [7, 11) is 0. The Morgan fingerprint density at radius 1 is 1.16 bits per heavy atom. The number of aryl methyl sites for hydroxylation is 1. The normalized spacial score (nSPS) is 10.8. The lowest BCUT2D eigenvalue weighted by Gasteiger charge is -2.11. The second-order valence-corrected chi connectivity index (χ2v) is 5.15.